The highest BCUT2D eigenvalue weighted by molar-refractivity contribution is 7.12. The van der Waals surface area contributed by atoms with E-state index in [1.807, 2.05) is 18.4 Å². The van der Waals surface area contributed by atoms with Crippen LogP contribution >= 0.6 is 11.3 Å². The SMILES string of the molecule is CCC(CO)NC(=O)CCC(=O)c1cccs1. The number of ketones is 1. The van der Waals surface area contributed by atoms with E-state index < -0.39 is 0 Å². The predicted octanol–water partition coefficient (Wildman–Crippen LogP) is 1.60. The Kier molecular flexibility index (Phi) is 5.86. The van der Waals surface area contributed by atoms with Gasteiger partial charge in [-0.2, -0.15) is 0 Å². The van der Waals surface area contributed by atoms with Gasteiger partial charge in [-0.1, -0.05) is 13.0 Å². The zero-order valence-corrected chi connectivity index (χ0v) is 10.6. The number of aliphatic hydroxyl groups excluding tert-OH is 1. The second-order valence-electron chi connectivity index (χ2n) is 3.76. The average molecular weight is 255 g/mol. The molecule has 1 heterocycles. The molecule has 1 unspecified atom stereocenters. The van der Waals surface area contributed by atoms with Crippen LogP contribution in [-0.2, 0) is 4.79 Å². The highest BCUT2D eigenvalue weighted by Gasteiger charge is 2.12. The highest BCUT2D eigenvalue weighted by Crippen LogP contribution is 2.12. The van der Waals surface area contributed by atoms with E-state index in [4.69, 9.17) is 5.11 Å². The first-order valence-corrected chi connectivity index (χ1v) is 6.52. The van der Waals surface area contributed by atoms with Crippen molar-refractivity contribution in [3.05, 3.63) is 22.4 Å². The van der Waals surface area contributed by atoms with Crippen LogP contribution < -0.4 is 5.32 Å². The summed E-state index contributed by atoms with van der Waals surface area (Å²) in [4.78, 5) is 23.8. The molecular weight excluding hydrogens is 238 g/mol. The van der Waals surface area contributed by atoms with Gasteiger partial charge >= 0.3 is 0 Å². The molecule has 0 bridgehead atoms. The number of amides is 1. The van der Waals surface area contributed by atoms with Gasteiger partial charge in [0.15, 0.2) is 5.78 Å². The first kappa shape index (κ1) is 13.9. The summed E-state index contributed by atoms with van der Waals surface area (Å²) in [5, 5.41) is 13.4. The highest BCUT2D eigenvalue weighted by atomic mass is 32.1. The number of carbonyl (C=O) groups excluding carboxylic acids is 2. The smallest absolute Gasteiger partial charge is 0.220 e. The van der Waals surface area contributed by atoms with E-state index in [0.29, 0.717) is 11.3 Å². The molecule has 1 aromatic heterocycles. The molecule has 0 aliphatic heterocycles. The zero-order chi connectivity index (χ0) is 12.7. The molecule has 1 aromatic rings. The summed E-state index contributed by atoms with van der Waals surface area (Å²) in [6.07, 6.45) is 1.07. The number of Topliss-reactive ketones (excluding diaryl/α,β-unsaturated/α-hetero) is 1. The van der Waals surface area contributed by atoms with E-state index in [9.17, 15) is 9.59 Å². The van der Waals surface area contributed by atoms with Crippen LogP contribution in [0.4, 0.5) is 0 Å². The topological polar surface area (TPSA) is 66.4 Å². The molecule has 0 saturated carbocycles. The van der Waals surface area contributed by atoms with Crippen molar-refractivity contribution in [3.63, 3.8) is 0 Å². The van der Waals surface area contributed by atoms with E-state index >= 15 is 0 Å². The minimum atomic E-state index is -0.209. The fraction of sp³-hybridized carbons (Fsp3) is 0.500. The molecule has 0 radical (unpaired) electrons. The van der Waals surface area contributed by atoms with E-state index in [2.05, 4.69) is 5.32 Å². The zero-order valence-electron chi connectivity index (χ0n) is 9.81. The lowest BCUT2D eigenvalue weighted by molar-refractivity contribution is -0.122. The molecule has 0 spiro atoms. The van der Waals surface area contributed by atoms with Crippen molar-refractivity contribution in [3.8, 4) is 0 Å². The maximum absolute atomic E-state index is 11.6. The molecule has 1 amide bonds. The quantitative estimate of drug-likeness (QED) is 0.727. The summed E-state index contributed by atoms with van der Waals surface area (Å²) in [7, 11) is 0. The summed E-state index contributed by atoms with van der Waals surface area (Å²) < 4.78 is 0. The van der Waals surface area contributed by atoms with Gasteiger partial charge in [0.05, 0.1) is 17.5 Å². The molecule has 2 N–H and O–H groups in total. The van der Waals surface area contributed by atoms with Gasteiger partial charge in [0.2, 0.25) is 5.91 Å². The van der Waals surface area contributed by atoms with Crippen molar-refractivity contribution in [2.75, 3.05) is 6.61 Å². The fourth-order valence-electron chi connectivity index (χ4n) is 1.36. The summed E-state index contributed by atoms with van der Waals surface area (Å²) in [6.45, 7) is 1.82. The maximum Gasteiger partial charge on any atom is 0.220 e. The van der Waals surface area contributed by atoms with Gasteiger partial charge in [-0.15, -0.1) is 11.3 Å². The minimum absolute atomic E-state index is 0.00723. The van der Waals surface area contributed by atoms with Crippen molar-refractivity contribution in [1.29, 1.82) is 0 Å². The lowest BCUT2D eigenvalue weighted by Gasteiger charge is -2.13. The van der Waals surface area contributed by atoms with Crippen molar-refractivity contribution in [2.45, 2.75) is 32.2 Å². The molecule has 17 heavy (non-hydrogen) atoms. The van der Waals surface area contributed by atoms with Crippen LogP contribution in [-0.4, -0.2) is 29.4 Å². The number of hydrogen-bond acceptors (Lipinski definition) is 4. The summed E-state index contributed by atoms with van der Waals surface area (Å²) in [5.41, 5.74) is 0. The molecular formula is C12H17NO3S. The fourth-order valence-corrected chi connectivity index (χ4v) is 2.06. The number of hydrogen-bond donors (Lipinski definition) is 2. The average Bonchev–Trinajstić information content (AvgIpc) is 2.86. The van der Waals surface area contributed by atoms with Crippen molar-refractivity contribution < 1.29 is 14.7 Å². The third-order valence-electron chi connectivity index (χ3n) is 2.45. The van der Waals surface area contributed by atoms with Gasteiger partial charge in [-0.25, -0.2) is 0 Å². The Labute approximate surface area is 105 Å². The number of nitrogens with one attached hydrogen (secondary N) is 1. The first-order chi connectivity index (χ1) is 8.17. The van der Waals surface area contributed by atoms with Gasteiger partial charge in [0, 0.05) is 12.8 Å². The third kappa shape index (κ3) is 4.66. The van der Waals surface area contributed by atoms with Gasteiger partial charge < -0.3 is 10.4 Å². The molecule has 4 nitrogen and oxygen atoms in total. The van der Waals surface area contributed by atoms with Crippen LogP contribution in [0.3, 0.4) is 0 Å². The van der Waals surface area contributed by atoms with Gasteiger partial charge in [-0.05, 0) is 17.9 Å². The van der Waals surface area contributed by atoms with E-state index in [1.165, 1.54) is 11.3 Å². The van der Waals surface area contributed by atoms with Gasteiger partial charge in [0.25, 0.3) is 0 Å². The summed E-state index contributed by atoms with van der Waals surface area (Å²) in [5.74, 6) is -0.192. The molecule has 0 saturated heterocycles. The largest absolute Gasteiger partial charge is 0.394 e. The van der Waals surface area contributed by atoms with E-state index in [1.54, 1.807) is 6.07 Å². The van der Waals surface area contributed by atoms with Gasteiger partial charge in [-0.3, -0.25) is 9.59 Å². The minimum Gasteiger partial charge on any atom is -0.394 e. The number of aliphatic hydroxyl groups is 1. The number of carbonyl (C=O) groups is 2. The van der Waals surface area contributed by atoms with E-state index in [-0.39, 0.29) is 37.2 Å². The van der Waals surface area contributed by atoms with Crippen molar-refractivity contribution in [2.24, 2.45) is 0 Å². The first-order valence-electron chi connectivity index (χ1n) is 5.64. The van der Waals surface area contributed by atoms with Crippen LogP contribution in [0.15, 0.2) is 17.5 Å². The maximum atomic E-state index is 11.6. The molecule has 5 heteroatoms. The summed E-state index contributed by atoms with van der Waals surface area (Å²) >= 11 is 1.38. The Morgan fingerprint density at radius 3 is 2.76 bits per heavy atom. The van der Waals surface area contributed by atoms with E-state index in [0.717, 1.165) is 0 Å². The second kappa shape index (κ2) is 7.19. The Morgan fingerprint density at radius 1 is 1.47 bits per heavy atom. The van der Waals surface area contributed by atoms with Gasteiger partial charge in [0.1, 0.15) is 0 Å². The predicted molar refractivity (Wildman–Crippen MR) is 67.2 cm³/mol. The monoisotopic (exact) mass is 255 g/mol. The van der Waals surface area contributed by atoms with Crippen LogP contribution in [0.1, 0.15) is 35.9 Å². The molecule has 1 atom stereocenters. The molecule has 0 fully saturated rings. The van der Waals surface area contributed by atoms with Crippen molar-refractivity contribution >= 4 is 23.0 Å². The lowest BCUT2D eigenvalue weighted by Crippen LogP contribution is -2.36. The Bertz CT molecular complexity index is 358. The van der Waals surface area contributed by atoms with Crippen molar-refractivity contribution in [1.82, 2.24) is 5.32 Å². The number of rotatable bonds is 7. The molecule has 0 aliphatic rings. The second-order valence-corrected chi connectivity index (χ2v) is 4.70. The standard InChI is InChI=1S/C12H17NO3S/c1-2-9(8-14)13-12(16)6-5-10(15)11-4-3-7-17-11/h3-4,7,9,14H,2,5-6,8H2,1H3,(H,13,16). The Hall–Kier alpha value is -1.20. The molecule has 0 aliphatic carbocycles. The van der Waals surface area contributed by atoms with Crippen LogP contribution in [0.25, 0.3) is 0 Å². The molecule has 94 valence electrons. The normalized spacial score (nSPS) is 12.1. The lowest BCUT2D eigenvalue weighted by atomic mass is 10.1. The third-order valence-corrected chi connectivity index (χ3v) is 3.36. The number of thiophene rings is 1. The molecule has 0 aromatic carbocycles. The summed E-state index contributed by atoms with van der Waals surface area (Å²) in [6, 6.07) is 3.36. The Morgan fingerprint density at radius 2 is 2.24 bits per heavy atom. The van der Waals surface area contributed by atoms with Crippen LogP contribution in [0.5, 0.6) is 0 Å². The van der Waals surface area contributed by atoms with Crippen LogP contribution in [0, 0.1) is 0 Å². The van der Waals surface area contributed by atoms with Crippen LogP contribution in [0.2, 0.25) is 0 Å². The molecule has 1 rings (SSSR count). The Balaban J connectivity index is 2.31.